The van der Waals surface area contributed by atoms with Crippen molar-refractivity contribution >= 4 is 11.0 Å². The molecule has 4 heteroatoms. The average molecular weight is 372 g/mol. The van der Waals surface area contributed by atoms with Crippen LogP contribution in [0.25, 0.3) is 11.0 Å². The molecule has 0 N–H and O–H groups in total. The van der Waals surface area contributed by atoms with Crippen molar-refractivity contribution in [1.82, 2.24) is 9.55 Å². The van der Waals surface area contributed by atoms with Gasteiger partial charge in [-0.1, -0.05) is 43.3 Å². The van der Waals surface area contributed by atoms with Gasteiger partial charge in [0, 0.05) is 6.54 Å². The van der Waals surface area contributed by atoms with Crippen LogP contribution in [-0.2, 0) is 19.6 Å². The summed E-state index contributed by atoms with van der Waals surface area (Å²) in [6, 6.07) is 24.6. The minimum absolute atomic E-state index is 0.427. The van der Waals surface area contributed by atoms with E-state index in [9.17, 15) is 0 Å². The van der Waals surface area contributed by atoms with Crippen molar-refractivity contribution in [3.63, 3.8) is 0 Å². The van der Waals surface area contributed by atoms with Crippen LogP contribution in [0, 0.1) is 0 Å². The third-order valence-corrected chi connectivity index (χ3v) is 4.93. The van der Waals surface area contributed by atoms with Crippen molar-refractivity contribution in [1.29, 1.82) is 0 Å². The number of benzene rings is 3. The SMILES string of the molecule is CCc1ccc(OCc2nc3ccccc3n2Cc2ccc(OC)cc2)cc1. The van der Waals surface area contributed by atoms with Crippen molar-refractivity contribution in [3.8, 4) is 11.5 Å². The van der Waals surface area contributed by atoms with Crippen molar-refractivity contribution in [2.24, 2.45) is 0 Å². The Labute approximate surface area is 165 Å². The average Bonchev–Trinajstić information content (AvgIpc) is 3.10. The fraction of sp³-hybridized carbons (Fsp3) is 0.208. The maximum Gasteiger partial charge on any atom is 0.148 e. The standard InChI is InChI=1S/C24H24N2O2/c1-3-18-8-14-21(15-9-18)28-17-24-25-22-6-4-5-7-23(22)26(24)16-19-10-12-20(27-2)13-11-19/h4-15H,3,16-17H2,1-2H3. The molecular formula is C24H24N2O2. The second-order valence-corrected chi connectivity index (χ2v) is 6.74. The lowest BCUT2D eigenvalue weighted by atomic mass is 10.2. The normalized spacial score (nSPS) is 10.9. The van der Waals surface area contributed by atoms with Gasteiger partial charge in [0.25, 0.3) is 0 Å². The number of aryl methyl sites for hydroxylation is 1. The topological polar surface area (TPSA) is 36.3 Å². The molecule has 0 unspecified atom stereocenters. The van der Waals surface area contributed by atoms with Crippen molar-refractivity contribution in [3.05, 3.63) is 89.7 Å². The van der Waals surface area contributed by atoms with E-state index < -0.39 is 0 Å². The second kappa shape index (κ2) is 8.17. The molecule has 1 aromatic heterocycles. The molecule has 3 aromatic carbocycles. The molecule has 0 amide bonds. The van der Waals surface area contributed by atoms with E-state index >= 15 is 0 Å². The Morgan fingerprint density at radius 3 is 2.21 bits per heavy atom. The van der Waals surface area contributed by atoms with E-state index in [1.54, 1.807) is 7.11 Å². The fourth-order valence-electron chi connectivity index (χ4n) is 3.29. The molecule has 0 saturated heterocycles. The van der Waals surface area contributed by atoms with E-state index in [1.807, 2.05) is 42.5 Å². The summed E-state index contributed by atoms with van der Waals surface area (Å²) in [5, 5.41) is 0. The van der Waals surface area contributed by atoms with Crippen LogP contribution in [0.15, 0.2) is 72.8 Å². The Bertz CT molecular complexity index is 1050. The highest BCUT2D eigenvalue weighted by Crippen LogP contribution is 2.21. The van der Waals surface area contributed by atoms with E-state index in [0.29, 0.717) is 6.61 Å². The van der Waals surface area contributed by atoms with Crippen LogP contribution < -0.4 is 9.47 Å². The van der Waals surface area contributed by atoms with E-state index in [4.69, 9.17) is 14.5 Å². The molecule has 28 heavy (non-hydrogen) atoms. The molecule has 0 aliphatic rings. The lowest BCUT2D eigenvalue weighted by Crippen LogP contribution is -2.08. The number of para-hydroxylation sites is 2. The monoisotopic (exact) mass is 372 g/mol. The quantitative estimate of drug-likeness (QED) is 0.445. The zero-order valence-electron chi connectivity index (χ0n) is 16.3. The number of hydrogen-bond donors (Lipinski definition) is 0. The first-order valence-electron chi connectivity index (χ1n) is 9.55. The zero-order valence-corrected chi connectivity index (χ0v) is 16.3. The number of hydrogen-bond acceptors (Lipinski definition) is 3. The molecule has 0 radical (unpaired) electrons. The molecule has 0 saturated carbocycles. The zero-order chi connectivity index (χ0) is 19.3. The molecule has 0 aliphatic heterocycles. The number of aromatic nitrogens is 2. The summed E-state index contributed by atoms with van der Waals surface area (Å²) in [5.41, 5.74) is 4.59. The molecule has 0 aliphatic carbocycles. The predicted octanol–water partition coefficient (Wildman–Crippen LogP) is 5.23. The number of imidazole rings is 1. The van der Waals surface area contributed by atoms with E-state index in [-0.39, 0.29) is 0 Å². The van der Waals surface area contributed by atoms with Gasteiger partial charge in [-0.3, -0.25) is 0 Å². The minimum atomic E-state index is 0.427. The summed E-state index contributed by atoms with van der Waals surface area (Å²) >= 11 is 0. The molecular weight excluding hydrogens is 348 g/mol. The molecule has 0 atom stereocenters. The van der Waals surface area contributed by atoms with Gasteiger partial charge in [0.2, 0.25) is 0 Å². The Balaban J connectivity index is 1.60. The van der Waals surface area contributed by atoms with E-state index in [2.05, 4.69) is 41.8 Å². The number of rotatable bonds is 7. The van der Waals surface area contributed by atoms with Gasteiger partial charge in [-0.2, -0.15) is 0 Å². The lowest BCUT2D eigenvalue weighted by Gasteiger charge is -2.11. The summed E-state index contributed by atoms with van der Waals surface area (Å²) in [6.07, 6.45) is 1.03. The van der Waals surface area contributed by atoms with Crippen LogP contribution in [0.2, 0.25) is 0 Å². The van der Waals surface area contributed by atoms with E-state index in [0.717, 1.165) is 41.3 Å². The van der Waals surface area contributed by atoms with Gasteiger partial charge in [-0.15, -0.1) is 0 Å². The predicted molar refractivity (Wildman–Crippen MR) is 112 cm³/mol. The lowest BCUT2D eigenvalue weighted by molar-refractivity contribution is 0.291. The van der Waals surface area contributed by atoms with Crippen LogP contribution in [0.5, 0.6) is 11.5 Å². The van der Waals surface area contributed by atoms with Crippen molar-refractivity contribution in [2.75, 3.05) is 7.11 Å². The molecule has 0 bridgehead atoms. The summed E-state index contributed by atoms with van der Waals surface area (Å²) < 4.78 is 13.5. The second-order valence-electron chi connectivity index (χ2n) is 6.74. The highest BCUT2D eigenvalue weighted by Gasteiger charge is 2.12. The van der Waals surface area contributed by atoms with Gasteiger partial charge in [0.05, 0.1) is 18.1 Å². The molecule has 142 valence electrons. The van der Waals surface area contributed by atoms with Gasteiger partial charge in [-0.05, 0) is 53.9 Å². The Morgan fingerprint density at radius 2 is 1.50 bits per heavy atom. The summed E-state index contributed by atoms with van der Waals surface area (Å²) in [5.74, 6) is 2.63. The van der Waals surface area contributed by atoms with Crippen LogP contribution in [0.4, 0.5) is 0 Å². The van der Waals surface area contributed by atoms with Gasteiger partial charge >= 0.3 is 0 Å². The third kappa shape index (κ3) is 3.86. The van der Waals surface area contributed by atoms with Crippen molar-refractivity contribution < 1.29 is 9.47 Å². The van der Waals surface area contributed by atoms with Gasteiger partial charge in [0.15, 0.2) is 0 Å². The number of methoxy groups -OCH3 is 1. The largest absolute Gasteiger partial charge is 0.497 e. The van der Waals surface area contributed by atoms with Gasteiger partial charge in [-0.25, -0.2) is 4.98 Å². The van der Waals surface area contributed by atoms with Gasteiger partial charge in [0.1, 0.15) is 23.9 Å². The molecule has 4 rings (SSSR count). The first kappa shape index (κ1) is 18.1. The summed E-state index contributed by atoms with van der Waals surface area (Å²) in [4.78, 5) is 4.80. The first-order chi connectivity index (χ1) is 13.8. The molecule has 0 spiro atoms. The first-order valence-corrected chi connectivity index (χ1v) is 9.55. The van der Waals surface area contributed by atoms with Crippen LogP contribution in [0.1, 0.15) is 23.9 Å². The summed E-state index contributed by atoms with van der Waals surface area (Å²) in [7, 11) is 1.68. The van der Waals surface area contributed by atoms with Crippen LogP contribution >= 0.6 is 0 Å². The molecule has 4 aromatic rings. The number of ether oxygens (including phenoxy) is 2. The number of nitrogens with zero attached hydrogens (tertiary/aromatic N) is 2. The Morgan fingerprint density at radius 1 is 0.821 bits per heavy atom. The third-order valence-electron chi connectivity index (χ3n) is 4.93. The highest BCUT2D eigenvalue weighted by molar-refractivity contribution is 5.76. The molecule has 1 heterocycles. The van der Waals surface area contributed by atoms with Gasteiger partial charge < -0.3 is 14.0 Å². The smallest absolute Gasteiger partial charge is 0.148 e. The van der Waals surface area contributed by atoms with Crippen LogP contribution in [-0.4, -0.2) is 16.7 Å². The molecule has 0 fully saturated rings. The Kier molecular flexibility index (Phi) is 5.29. The van der Waals surface area contributed by atoms with E-state index in [1.165, 1.54) is 11.1 Å². The maximum absolute atomic E-state index is 6.03. The highest BCUT2D eigenvalue weighted by atomic mass is 16.5. The van der Waals surface area contributed by atoms with Crippen LogP contribution in [0.3, 0.4) is 0 Å². The molecule has 4 nitrogen and oxygen atoms in total. The fourth-order valence-corrected chi connectivity index (χ4v) is 3.29. The van der Waals surface area contributed by atoms with Crippen molar-refractivity contribution in [2.45, 2.75) is 26.5 Å². The maximum atomic E-state index is 6.03. The Hall–Kier alpha value is -3.27. The minimum Gasteiger partial charge on any atom is -0.497 e. The summed E-state index contributed by atoms with van der Waals surface area (Å²) in [6.45, 7) is 3.31. The number of fused-ring (bicyclic) bond motifs is 1.